The summed E-state index contributed by atoms with van der Waals surface area (Å²) < 4.78 is 2.05. The van der Waals surface area contributed by atoms with Crippen molar-refractivity contribution in [1.29, 1.82) is 0 Å². The molecule has 9 heteroatoms. The highest BCUT2D eigenvalue weighted by atomic mass is 127. The molecule has 7 nitrogen and oxygen atoms in total. The highest BCUT2D eigenvalue weighted by Crippen LogP contribution is 2.27. The van der Waals surface area contributed by atoms with Crippen LogP contribution < -0.4 is 10.6 Å². The molecular weight excluding hydrogens is 509 g/mol. The largest absolute Gasteiger partial charge is 0.356 e. The summed E-state index contributed by atoms with van der Waals surface area (Å²) in [5.74, 6) is 1.86. The monoisotopic (exact) mass is 539 g/mol. The molecule has 1 aliphatic heterocycles. The van der Waals surface area contributed by atoms with Crippen molar-refractivity contribution in [3.63, 3.8) is 0 Å². The fourth-order valence-electron chi connectivity index (χ4n) is 3.87. The molecule has 0 spiro atoms. The second-order valence-electron chi connectivity index (χ2n) is 7.30. The van der Waals surface area contributed by atoms with Crippen LogP contribution >= 0.6 is 35.3 Å². The molecule has 3 aromatic heterocycles. The number of guanidine groups is 1. The van der Waals surface area contributed by atoms with Crippen molar-refractivity contribution in [3.05, 3.63) is 52.6 Å². The van der Waals surface area contributed by atoms with E-state index < -0.39 is 0 Å². The molecule has 162 valence electrons. The predicted octanol–water partition coefficient (Wildman–Crippen LogP) is 3.34. The Morgan fingerprint density at radius 2 is 2.03 bits per heavy atom. The molecule has 1 aliphatic rings. The van der Waals surface area contributed by atoms with Crippen molar-refractivity contribution < 1.29 is 0 Å². The Morgan fingerprint density at radius 1 is 1.17 bits per heavy atom. The number of aromatic nitrogens is 3. The number of nitrogens with zero attached hydrogens (tertiary/aromatic N) is 5. The van der Waals surface area contributed by atoms with Crippen LogP contribution in [0.15, 0.2) is 46.9 Å². The summed E-state index contributed by atoms with van der Waals surface area (Å²) in [5, 5.41) is 17.6. The maximum absolute atomic E-state index is 4.40. The standard InChI is InChI=1S/C21H29N7S.HI/c1-22-21(23-11-6-10-20-26-25-19-9-2-3-14-28(19)20)24-16-17(18-8-7-15-29-18)27-12-4-5-13-27;/h2-3,7-9,14-15,17H,4-6,10-13,16H2,1H3,(H2,22,23,24);1H. The normalized spacial score (nSPS) is 15.8. The lowest BCUT2D eigenvalue weighted by atomic mass is 10.2. The average molecular weight is 539 g/mol. The summed E-state index contributed by atoms with van der Waals surface area (Å²) in [6.45, 7) is 4.08. The van der Waals surface area contributed by atoms with E-state index in [0.717, 1.165) is 43.4 Å². The van der Waals surface area contributed by atoms with E-state index in [-0.39, 0.29) is 24.0 Å². The first-order valence-corrected chi connectivity index (χ1v) is 11.2. The zero-order valence-electron chi connectivity index (χ0n) is 17.3. The van der Waals surface area contributed by atoms with Gasteiger partial charge in [-0.15, -0.1) is 45.5 Å². The lowest BCUT2D eigenvalue weighted by Gasteiger charge is -2.27. The topological polar surface area (TPSA) is 69.8 Å². The van der Waals surface area contributed by atoms with Gasteiger partial charge in [0, 0.05) is 37.6 Å². The summed E-state index contributed by atoms with van der Waals surface area (Å²) >= 11 is 1.84. The van der Waals surface area contributed by atoms with Crippen LogP contribution in [0.4, 0.5) is 0 Å². The van der Waals surface area contributed by atoms with Gasteiger partial charge in [0.1, 0.15) is 5.82 Å². The van der Waals surface area contributed by atoms with Gasteiger partial charge in [-0.1, -0.05) is 12.1 Å². The number of likely N-dealkylation sites (tertiary alicyclic amines) is 1. The number of fused-ring (bicyclic) bond motifs is 1. The quantitative estimate of drug-likeness (QED) is 0.199. The molecule has 1 saturated heterocycles. The molecule has 1 fully saturated rings. The van der Waals surface area contributed by atoms with Crippen molar-refractivity contribution in [1.82, 2.24) is 30.1 Å². The number of nitrogens with one attached hydrogen (secondary N) is 2. The summed E-state index contributed by atoms with van der Waals surface area (Å²) in [4.78, 5) is 8.41. The van der Waals surface area contributed by atoms with Gasteiger partial charge < -0.3 is 10.6 Å². The minimum Gasteiger partial charge on any atom is -0.356 e. The first-order valence-electron chi connectivity index (χ1n) is 10.4. The summed E-state index contributed by atoms with van der Waals surface area (Å²) in [6, 6.07) is 10.8. The van der Waals surface area contributed by atoms with Gasteiger partial charge in [0.2, 0.25) is 0 Å². The second-order valence-corrected chi connectivity index (χ2v) is 8.28. The Labute approximate surface area is 199 Å². The Morgan fingerprint density at radius 3 is 2.80 bits per heavy atom. The van der Waals surface area contributed by atoms with E-state index in [1.165, 1.54) is 30.8 Å². The van der Waals surface area contributed by atoms with Crippen molar-refractivity contribution in [2.75, 3.05) is 33.2 Å². The van der Waals surface area contributed by atoms with E-state index >= 15 is 0 Å². The highest BCUT2D eigenvalue weighted by molar-refractivity contribution is 14.0. The van der Waals surface area contributed by atoms with Gasteiger partial charge in [-0.05, 0) is 55.9 Å². The maximum atomic E-state index is 4.40. The van der Waals surface area contributed by atoms with E-state index in [0.29, 0.717) is 6.04 Å². The summed E-state index contributed by atoms with van der Waals surface area (Å²) in [7, 11) is 1.83. The predicted molar refractivity (Wildman–Crippen MR) is 134 cm³/mol. The second kappa shape index (κ2) is 11.6. The van der Waals surface area contributed by atoms with Crippen LogP contribution in [0.5, 0.6) is 0 Å². The third-order valence-corrected chi connectivity index (χ3v) is 6.37. The lowest BCUT2D eigenvalue weighted by molar-refractivity contribution is 0.249. The van der Waals surface area contributed by atoms with Gasteiger partial charge in [-0.3, -0.25) is 14.3 Å². The third-order valence-electron chi connectivity index (χ3n) is 5.39. The molecule has 3 aromatic rings. The zero-order chi connectivity index (χ0) is 19.9. The Balaban J connectivity index is 0.00000256. The number of aryl methyl sites for hydroxylation is 1. The Bertz CT molecular complexity index is 918. The van der Waals surface area contributed by atoms with Gasteiger partial charge >= 0.3 is 0 Å². The smallest absolute Gasteiger partial charge is 0.191 e. The maximum Gasteiger partial charge on any atom is 0.191 e. The Hall–Kier alpha value is -1.72. The number of pyridine rings is 1. The van der Waals surface area contributed by atoms with Gasteiger partial charge in [0.05, 0.1) is 6.04 Å². The van der Waals surface area contributed by atoms with Crippen molar-refractivity contribution in [3.8, 4) is 0 Å². The molecule has 1 atom stereocenters. The molecule has 4 rings (SSSR count). The van der Waals surface area contributed by atoms with Gasteiger partial charge in [-0.2, -0.15) is 0 Å². The number of hydrogen-bond donors (Lipinski definition) is 2. The van der Waals surface area contributed by atoms with Gasteiger partial charge in [0.25, 0.3) is 0 Å². The fourth-order valence-corrected chi connectivity index (χ4v) is 4.73. The SMILES string of the molecule is CN=C(NCCCc1nnc2ccccn12)NCC(c1cccs1)N1CCCC1.I. The van der Waals surface area contributed by atoms with Crippen LogP contribution in [0, 0.1) is 0 Å². The number of thiophene rings is 1. The minimum atomic E-state index is 0. The fraction of sp³-hybridized carbons (Fsp3) is 0.476. The van der Waals surface area contributed by atoms with Crippen LogP contribution in [-0.4, -0.2) is 58.7 Å². The first-order chi connectivity index (χ1) is 14.3. The molecule has 2 N–H and O–H groups in total. The van der Waals surface area contributed by atoms with Crippen molar-refractivity contribution in [2.45, 2.75) is 31.7 Å². The first kappa shape index (κ1) is 23.0. The molecule has 0 saturated carbocycles. The van der Waals surface area contributed by atoms with Crippen LogP contribution in [0.25, 0.3) is 5.65 Å². The third kappa shape index (κ3) is 5.70. The molecule has 0 aromatic carbocycles. The van der Waals surface area contributed by atoms with Crippen LogP contribution in [-0.2, 0) is 6.42 Å². The van der Waals surface area contributed by atoms with E-state index in [2.05, 4.69) is 52.6 Å². The van der Waals surface area contributed by atoms with Gasteiger partial charge in [-0.25, -0.2) is 0 Å². The zero-order valence-corrected chi connectivity index (χ0v) is 20.5. The minimum absolute atomic E-state index is 0. The molecule has 1 unspecified atom stereocenters. The van der Waals surface area contributed by atoms with Gasteiger partial charge in [0.15, 0.2) is 11.6 Å². The summed E-state index contributed by atoms with van der Waals surface area (Å²) in [6.07, 6.45) is 6.46. The van der Waals surface area contributed by atoms with Crippen LogP contribution in [0.2, 0.25) is 0 Å². The Kier molecular flexibility index (Phi) is 8.88. The van der Waals surface area contributed by atoms with Crippen molar-refractivity contribution >= 4 is 46.9 Å². The molecule has 0 aliphatic carbocycles. The van der Waals surface area contributed by atoms with E-state index in [1.54, 1.807) is 0 Å². The van der Waals surface area contributed by atoms with E-state index in [9.17, 15) is 0 Å². The molecule has 0 bridgehead atoms. The number of aliphatic imine (C=N–C) groups is 1. The average Bonchev–Trinajstić information content (AvgIpc) is 3.52. The number of halogens is 1. The molecule has 0 radical (unpaired) electrons. The van der Waals surface area contributed by atoms with E-state index in [1.807, 2.05) is 42.8 Å². The number of hydrogen-bond acceptors (Lipinski definition) is 5. The molecular formula is C21H30IN7S. The molecule has 30 heavy (non-hydrogen) atoms. The van der Waals surface area contributed by atoms with Crippen molar-refractivity contribution in [2.24, 2.45) is 4.99 Å². The van der Waals surface area contributed by atoms with Crippen LogP contribution in [0.1, 0.15) is 36.0 Å². The molecule has 0 amide bonds. The van der Waals surface area contributed by atoms with Crippen LogP contribution in [0.3, 0.4) is 0 Å². The van der Waals surface area contributed by atoms with E-state index in [4.69, 9.17) is 0 Å². The lowest BCUT2D eigenvalue weighted by Crippen LogP contribution is -2.42. The summed E-state index contributed by atoms with van der Waals surface area (Å²) in [5.41, 5.74) is 0.898. The number of rotatable bonds is 8. The highest BCUT2D eigenvalue weighted by Gasteiger charge is 2.24. The molecule has 4 heterocycles.